The number of rotatable bonds is 2. The summed E-state index contributed by atoms with van der Waals surface area (Å²) in [6, 6.07) is 9.64. The molecule has 1 fully saturated rings. The highest BCUT2D eigenvalue weighted by molar-refractivity contribution is 6.27. The second-order valence-electron chi connectivity index (χ2n) is 4.51. The topological polar surface area (TPSA) is 121 Å². The Hall–Kier alpha value is -2.41. The molecule has 114 valence electrons. The SMILES string of the molecule is NCC1CCCN1C(=O)c1ccccc1.O=C(O)C(=O)O. The third kappa shape index (κ3) is 4.88. The van der Waals surface area contributed by atoms with Crippen molar-refractivity contribution in [2.45, 2.75) is 18.9 Å². The molecule has 1 unspecified atom stereocenters. The molecule has 4 N–H and O–H groups in total. The largest absolute Gasteiger partial charge is 0.473 e. The molecule has 0 spiro atoms. The van der Waals surface area contributed by atoms with Crippen molar-refractivity contribution < 1.29 is 24.6 Å². The first-order valence-corrected chi connectivity index (χ1v) is 6.49. The third-order valence-electron chi connectivity index (χ3n) is 3.11. The van der Waals surface area contributed by atoms with E-state index in [0.717, 1.165) is 24.9 Å². The molecule has 0 saturated carbocycles. The quantitative estimate of drug-likeness (QED) is 0.679. The van der Waals surface area contributed by atoms with E-state index in [1.165, 1.54) is 0 Å². The van der Waals surface area contributed by atoms with Crippen LogP contribution in [-0.2, 0) is 9.59 Å². The number of carbonyl (C=O) groups is 3. The van der Waals surface area contributed by atoms with Crippen LogP contribution < -0.4 is 5.73 Å². The summed E-state index contributed by atoms with van der Waals surface area (Å²) in [5, 5.41) is 14.8. The minimum atomic E-state index is -1.82. The van der Waals surface area contributed by atoms with Crippen molar-refractivity contribution in [3.8, 4) is 0 Å². The lowest BCUT2D eigenvalue weighted by Crippen LogP contribution is -2.39. The fourth-order valence-corrected chi connectivity index (χ4v) is 2.09. The van der Waals surface area contributed by atoms with Gasteiger partial charge in [-0.1, -0.05) is 18.2 Å². The van der Waals surface area contributed by atoms with Crippen molar-refractivity contribution in [1.82, 2.24) is 4.90 Å². The molecule has 1 amide bonds. The minimum Gasteiger partial charge on any atom is -0.473 e. The predicted octanol–water partition coefficient (Wildman–Crippen LogP) is 0.405. The average Bonchev–Trinajstić information content (AvgIpc) is 2.96. The molecule has 0 bridgehead atoms. The summed E-state index contributed by atoms with van der Waals surface area (Å²) in [5.74, 6) is -3.53. The smallest absolute Gasteiger partial charge is 0.414 e. The van der Waals surface area contributed by atoms with Gasteiger partial charge in [-0.15, -0.1) is 0 Å². The number of hydrogen-bond acceptors (Lipinski definition) is 4. The van der Waals surface area contributed by atoms with E-state index in [-0.39, 0.29) is 11.9 Å². The molecule has 21 heavy (non-hydrogen) atoms. The van der Waals surface area contributed by atoms with Gasteiger partial charge in [0.1, 0.15) is 0 Å². The Balaban J connectivity index is 0.000000315. The van der Waals surface area contributed by atoms with E-state index >= 15 is 0 Å². The Kier molecular flexibility index (Phi) is 6.35. The van der Waals surface area contributed by atoms with Crippen molar-refractivity contribution in [3.05, 3.63) is 35.9 Å². The molecular weight excluding hydrogens is 276 g/mol. The first-order chi connectivity index (χ1) is 9.97. The van der Waals surface area contributed by atoms with Gasteiger partial charge in [0.2, 0.25) is 0 Å². The molecule has 7 heteroatoms. The Labute approximate surface area is 122 Å². The average molecular weight is 294 g/mol. The van der Waals surface area contributed by atoms with Crippen molar-refractivity contribution in [2.24, 2.45) is 5.73 Å². The van der Waals surface area contributed by atoms with E-state index in [0.29, 0.717) is 6.54 Å². The van der Waals surface area contributed by atoms with Gasteiger partial charge in [-0.3, -0.25) is 4.79 Å². The number of benzene rings is 1. The highest BCUT2D eigenvalue weighted by Gasteiger charge is 2.27. The summed E-state index contributed by atoms with van der Waals surface area (Å²) in [5.41, 5.74) is 6.41. The van der Waals surface area contributed by atoms with Gasteiger partial charge in [0.25, 0.3) is 5.91 Å². The summed E-state index contributed by atoms with van der Waals surface area (Å²) >= 11 is 0. The lowest BCUT2D eigenvalue weighted by atomic mass is 10.1. The highest BCUT2D eigenvalue weighted by Crippen LogP contribution is 2.18. The van der Waals surface area contributed by atoms with Crippen molar-refractivity contribution in [3.63, 3.8) is 0 Å². The molecule has 1 aromatic rings. The number of carbonyl (C=O) groups excluding carboxylic acids is 1. The zero-order valence-corrected chi connectivity index (χ0v) is 11.4. The van der Waals surface area contributed by atoms with Crippen LogP contribution in [0.4, 0.5) is 0 Å². The van der Waals surface area contributed by atoms with Gasteiger partial charge >= 0.3 is 11.9 Å². The monoisotopic (exact) mass is 294 g/mol. The van der Waals surface area contributed by atoms with Crippen LogP contribution in [-0.4, -0.2) is 52.1 Å². The maximum absolute atomic E-state index is 12.1. The van der Waals surface area contributed by atoms with E-state index in [9.17, 15) is 4.79 Å². The van der Waals surface area contributed by atoms with E-state index in [2.05, 4.69) is 0 Å². The fraction of sp³-hybridized carbons (Fsp3) is 0.357. The number of carboxylic acids is 2. The maximum Gasteiger partial charge on any atom is 0.414 e. The molecule has 0 aliphatic carbocycles. The van der Waals surface area contributed by atoms with Gasteiger partial charge in [-0.2, -0.15) is 0 Å². The van der Waals surface area contributed by atoms with Crippen LogP contribution in [0.2, 0.25) is 0 Å². The molecule has 0 aromatic heterocycles. The molecule has 1 saturated heterocycles. The Morgan fingerprint density at radius 1 is 1.14 bits per heavy atom. The standard InChI is InChI=1S/C12H16N2O.C2H2O4/c13-9-11-7-4-8-14(11)12(15)10-5-2-1-3-6-10;3-1(4)2(5)6/h1-3,5-6,11H,4,7-9,13H2;(H,3,4)(H,5,6). The molecule has 7 nitrogen and oxygen atoms in total. The van der Waals surface area contributed by atoms with Crippen molar-refractivity contribution >= 4 is 17.8 Å². The van der Waals surface area contributed by atoms with Crippen LogP contribution in [0.3, 0.4) is 0 Å². The van der Waals surface area contributed by atoms with Crippen LogP contribution in [0.25, 0.3) is 0 Å². The number of amides is 1. The van der Waals surface area contributed by atoms with Gasteiger partial charge in [0, 0.05) is 24.7 Å². The molecule has 1 aromatic carbocycles. The van der Waals surface area contributed by atoms with Crippen molar-refractivity contribution in [2.75, 3.05) is 13.1 Å². The van der Waals surface area contributed by atoms with Crippen LogP contribution in [0, 0.1) is 0 Å². The Morgan fingerprint density at radius 3 is 2.19 bits per heavy atom. The Bertz CT molecular complexity index is 491. The van der Waals surface area contributed by atoms with Gasteiger partial charge in [0.15, 0.2) is 0 Å². The lowest BCUT2D eigenvalue weighted by Gasteiger charge is -2.23. The molecule has 0 radical (unpaired) electrons. The normalized spacial score (nSPS) is 16.8. The number of hydrogen-bond donors (Lipinski definition) is 3. The zero-order valence-electron chi connectivity index (χ0n) is 11.4. The van der Waals surface area contributed by atoms with E-state index < -0.39 is 11.9 Å². The summed E-state index contributed by atoms with van der Waals surface area (Å²) < 4.78 is 0. The van der Waals surface area contributed by atoms with Crippen LogP contribution in [0.5, 0.6) is 0 Å². The molecule has 1 atom stereocenters. The summed E-state index contributed by atoms with van der Waals surface area (Å²) in [4.78, 5) is 32.2. The third-order valence-corrected chi connectivity index (χ3v) is 3.11. The highest BCUT2D eigenvalue weighted by atomic mass is 16.4. The van der Waals surface area contributed by atoms with Gasteiger partial charge in [-0.05, 0) is 25.0 Å². The summed E-state index contributed by atoms with van der Waals surface area (Å²) in [6.45, 7) is 1.41. The first kappa shape index (κ1) is 16.6. The minimum absolute atomic E-state index is 0.114. The zero-order chi connectivity index (χ0) is 15.8. The number of nitrogens with two attached hydrogens (primary N) is 1. The van der Waals surface area contributed by atoms with Gasteiger partial charge in [0.05, 0.1) is 0 Å². The van der Waals surface area contributed by atoms with Gasteiger partial charge in [-0.25, -0.2) is 9.59 Å². The fourth-order valence-electron chi connectivity index (χ4n) is 2.09. The van der Waals surface area contributed by atoms with Crippen LogP contribution in [0.15, 0.2) is 30.3 Å². The maximum atomic E-state index is 12.1. The lowest BCUT2D eigenvalue weighted by molar-refractivity contribution is -0.159. The van der Waals surface area contributed by atoms with E-state index in [1.54, 1.807) is 0 Å². The number of aliphatic carboxylic acids is 2. The number of likely N-dealkylation sites (tertiary alicyclic amines) is 1. The van der Waals surface area contributed by atoms with Crippen molar-refractivity contribution in [1.29, 1.82) is 0 Å². The molecule has 1 aliphatic heterocycles. The summed E-state index contributed by atoms with van der Waals surface area (Å²) in [6.07, 6.45) is 2.11. The second kappa shape index (κ2) is 8.01. The second-order valence-corrected chi connectivity index (χ2v) is 4.51. The molecular formula is C14H18N2O5. The van der Waals surface area contributed by atoms with Crippen LogP contribution >= 0.6 is 0 Å². The molecule has 2 rings (SSSR count). The van der Waals surface area contributed by atoms with Gasteiger partial charge < -0.3 is 20.8 Å². The molecule has 1 aliphatic rings. The summed E-state index contributed by atoms with van der Waals surface area (Å²) in [7, 11) is 0. The number of nitrogens with zero attached hydrogens (tertiary/aromatic N) is 1. The van der Waals surface area contributed by atoms with E-state index in [1.807, 2.05) is 35.2 Å². The number of carboxylic acid groups (broad SMARTS) is 2. The van der Waals surface area contributed by atoms with E-state index in [4.69, 9.17) is 25.5 Å². The molecule has 1 heterocycles. The predicted molar refractivity (Wildman–Crippen MR) is 74.8 cm³/mol. The Morgan fingerprint density at radius 2 is 1.71 bits per heavy atom. The first-order valence-electron chi connectivity index (χ1n) is 6.49. The van der Waals surface area contributed by atoms with Crippen LogP contribution in [0.1, 0.15) is 23.2 Å².